The van der Waals surface area contributed by atoms with Crippen molar-refractivity contribution in [2.24, 2.45) is 0 Å². The van der Waals surface area contributed by atoms with E-state index in [2.05, 4.69) is 5.32 Å². The van der Waals surface area contributed by atoms with Gasteiger partial charge >= 0.3 is 0 Å². The van der Waals surface area contributed by atoms with Gasteiger partial charge in [-0.25, -0.2) is 8.42 Å². The summed E-state index contributed by atoms with van der Waals surface area (Å²) in [5.74, 6) is 0.874. The van der Waals surface area contributed by atoms with Crippen LogP contribution in [0.3, 0.4) is 0 Å². The quantitative estimate of drug-likeness (QED) is 0.877. The first kappa shape index (κ1) is 14.0. The first-order valence-electron chi connectivity index (χ1n) is 6.80. The van der Waals surface area contributed by atoms with Crippen molar-refractivity contribution in [3.8, 4) is 0 Å². The summed E-state index contributed by atoms with van der Waals surface area (Å²) in [4.78, 5) is 0.412. The molecule has 3 rings (SSSR count). The molecule has 0 radical (unpaired) electrons. The minimum Gasteiger partial charge on any atom is -0.385 e. The van der Waals surface area contributed by atoms with Crippen LogP contribution >= 0.6 is 0 Å². The van der Waals surface area contributed by atoms with E-state index < -0.39 is 20.8 Å². The van der Waals surface area contributed by atoms with Crippen molar-refractivity contribution in [2.75, 3.05) is 36.5 Å². The Morgan fingerprint density at radius 1 is 1.20 bits per heavy atom. The largest absolute Gasteiger partial charge is 0.385 e. The molecule has 2 aliphatic heterocycles. The lowest BCUT2D eigenvalue weighted by atomic mass is 10.0. The molecule has 0 aromatic heterocycles. The molecule has 0 bridgehead atoms. The van der Waals surface area contributed by atoms with Crippen molar-refractivity contribution >= 4 is 26.5 Å². The molecule has 2 heterocycles. The van der Waals surface area contributed by atoms with Gasteiger partial charge in [-0.1, -0.05) is 6.07 Å². The second-order valence-corrected chi connectivity index (χ2v) is 8.67. The van der Waals surface area contributed by atoms with Crippen LogP contribution in [0, 0.1) is 0 Å². The summed E-state index contributed by atoms with van der Waals surface area (Å²) in [6.45, 7) is 1.59. The third kappa shape index (κ3) is 2.49. The highest BCUT2D eigenvalue weighted by atomic mass is 32.2. The maximum atomic E-state index is 12.8. The Balaban J connectivity index is 1.97. The van der Waals surface area contributed by atoms with Gasteiger partial charge in [0.15, 0.2) is 0 Å². The lowest BCUT2D eigenvalue weighted by molar-refractivity contribution is 0.438. The van der Waals surface area contributed by atoms with Gasteiger partial charge in [0.25, 0.3) is 0 Å². The SMILES string of the molecule is O=S1CCN(S(=O)(=O)c2cccc3c2CCCN3)CC1. The van der Waals surface area contributed by atoms with E-state index in [0.29, 0.717) is 29.5 Å². The van der Waals surface area contributed by atoms with E-state index >= 15 is 0 Å². The highest BCUT2D eigenvalue weighted by Crippen LogP contribution is 2.30. The third-order valence-corrected chi connectivity index (χ3v) is 7.07. The molecule has 110 valence electrons. The molecule has 1 fully saturated rings. The number of fused-ring (bicyclic) bond motifs is 1. The molecule has 7 heteroatoms. The van der Waals surface area contributed by atoms with Crippen LogP contribution in [0.15, 0.2) is 23.1 Å². The van der Waals surface area contributed by atoms with Gasteiger partial charge < -0.3 is 5.32 Å². The number of nitrogens with one attached hydrogen (secondary N) is 1. The molecule has 0 spiro atoms. The molecule has 1 aromatic rings. The number of nitrogens with zero attached hydrogens (tertiary/aromatic N) is 1. The zero-order chi connectivity index (χ0) is 14.2. The number of anilines is 1. The van der Waals surface area contributed by atoms with Crippen molar-refractivity contribution in [2.45, 2.75) is 17.7 Å². The molecule has 1 saturated heterocycles. The van der Waals surface area contributed by atoms with Gasteiger partial charge in [-0.3, -0.25) is 4.21 Å². The molecule has 0 aliphatic carbocycles. The smallest absolute Gasteiger partial charge is 0.243 e. The lowest BCUT2D eigenvalue weighted by Crippen LogP contribution is -2.42. The molecular formula is C13H18N2O3S2. The summed E-state index contributed by atoms with van der Waals surface area (Å²) < 4.78 is 38.4. The molecule has 0 amide bonds. The van der Waals surface area contributed by atoms with Crippen LogP contribution in [-0.4, -0.2) is 48.1 Å². The van der Waals surface area contributed by atoms with Crippen LogP contribution in [-0.2, 0) is 27.2 Å². The topological polar surface area (TPSA) is 66.5 Å². The number of benzene rings is 1. The van der Waals surface area contributed by atoms with Crippen molar-refractivity contribution in [1.29, 1.82) is 0 Å². The van der Waals surface area contributed by atoms with Gasteiger partial charge in [0.05, 0.1) is 4.90 Å². The van der Waals surface area contributed by atoms with E-state index in [9.17, 15) is 12.6 Å². The zero-order valence-corrected chi connectivity index (χ0v) is 12.8. The van der Waals surface area contributed by atoms with Gasteiger partial charge in [0.1, 0.15) is 0 Å². The van der Waals surface area contributed by atoms with Crippen LogP contribution < -0.4 is 5.32 Å². The van der Waals surface area contributed by atoms with Crippen molar-refractivity contribution < 1.29 is 12.6 Å². The third-order valence-electron chi connectivity index (χ3n) is 3.81. The first-order valence-corrected chi connectivity index (χ1v) is 9.73. The Bertz CT molecular complexity index is 633. The number of sulfonamides is 1. The first-order chi connectivity index (χ1) is 9.59. The summed E-state index contributed by atoms with van der Waals surface area (Å²) in [5, 5.41) is 3.25. The minimum absolute atomic E-state index is 0.353. The van der Waals surface area contributed by atoms with Gasteiger partial charge in [0.2, 0.25) is 10.0 Å². The van der Waals surface area contributed by atoms with E-state index in [0.717, 1.165) is 30.6 Å². The fourth-order valence-electron chi connectivity index (χ4n) is 2.72. The monoisotopic (exact) mass is 314 g/mol. The molecular weight excluding hydrogens is 296 g/mol. The number of hydrogen-bond donors (Lipinski definition) is 1. The molecule has 20 heavy (non-hydrogen) atoms. The van der Waals surface area contributed by atoms with Crippen LogP contribution in [0.5, 0.6) is 0 Å². The van der Waals surface area contributed by atoms with Gasteiger partial charge in [-0.15, -0.1) is 0 Å². The predicted octanol–water partition coefficient (Wildman–Crippen LogP) is 0.798. The Kier molecular flexibility index (Phi) is 3.83. The zero-order valence-electron chi connectivity index (χ0n) is 11.2. The van der Waals surface area contributed by atoms with Crippen LogP contribution in [0.4, 0.5) is 5.69 Å². The molecule has 1 N–H and O–H groups in total. The minimum atomic E-state index is -3.47. The number of rotatable bonds is 2. The highest BCUT2D eigenvalue weighted by molar-refractivity contribution is 7.89. The maximum absolute atomic E-state index is 12.8. The van der Waals surface area contributed by atoms with E-state index in [1.54, 1.807) is 12.1 Å². The maximum Gasteiger partial charge on any atom is 0.243 e. The number of hydrogen-bond acceptors (Lipinski definition) is 4. The average molecular weight is 314 g/mol. The molecule has 0 atom stereocenters. The predicted molar refractivity (Wildman–Crippen MR) is 79.9 cm³/mol. The van der Waals surface area contributed by atoms with Gasteiger partial charge in [-0.05, 0) is 30.5 Å². The lowest BCUT2D eigenvalue weighted by Gasteiger charge is -2.28. The van der Waals surface area contributed by atoms with E-state index in [1.165, 1.54) is 4.31 Å². The summed E-state index contributed by atoms with van der Waals surface area (Å²) in [6, 6.07) is 5.40. The molecule has 1 aromatic carbocycles. The van der Waals surface area contributed by atoms with E-state index in [1.807, 2.05) is 6.07 Å². The van der Waals surface area contributed by atoms with Crippen molar-refractivity contribution in [1.82, 2.24) is 4.31 Å². The highest BCUT2D eigenvalue weighted by Gasteiger charge is 2.31. The second-order valence-electron chi connectivity index (χ2n) is 5.06. The van der Waals surface area contributed by atoms with Crippen LogP contribution in [0.1, 0.15) is 12.0 Å². The normalized spacial score (nSPS) is 21.2. The molecule has 0 saturated carbocycles. The Hall–Kier alpha value is -0.920. The Morgan fingerprint density at radius 2 is 1.95 bits per heavy atom. The van der Waals surface area contributed by atoms with Crippen LogP contribution in [0.25, 0.3) is 0 Å². The molecule has 2 aliphatic rings. The molecule has 5 nitrogen and oxygen atoms in total. The average Bonchev–Trinajstić information content (AvgIpc) is 2.47. The summed E-state index contributed by atoms with van der Waals surface area (Å²) in [7, 11) is -4.34. The fourth-order valence-corrected chi connectivity index (χ4v) is 5.72. The standard InChI is InChI=1S/C13H18N2O3S2/c16-19-9-7-15(8-10-19)20(17,18)13-5-1-4-12-11(13)3-2-6-14-12/h1,4-5,14H,2-3,6-10H2. The van der Waals surface area contributed by atoms with E-state index in [-0.39, 0.29) is 0 Å². The van der Waals surface area contributed by atoms with Gasteiger partial charge in [-0.2, -0.15) is 4.31 Å². The van der Waals surface area contributed by atoms with Crippen LogP contribution in [0.2, 0.25) is 0 Å². The summed E-state index contributed by atoms with van der Waals surface area (Å²) in [6.07, 6.45) is 1.74. The van der Waals surface area contributed by atoms with E-state index in [4.69, 9.17) is 0 Å². The molecule has 0 unspecified atom stereocenters. The summed E-state index contributed by atoms with van der Waals surface area (Å²) >= 11 is 0. The second kappa shape index (κ2) is 5.46. The van der Waals surface area contributed by atoms with Gasteiger partial charge in [0, 0.05) is 47.6 Å². The van der Waals surface area contributed by atoms with Crippen molar-refractivity contribution in [3.63, 3.8) is 0 Å². The Morgan fingerprint density at radius 3 is 2.70 bits per heavy atom. The van der Waals surface area contributed by atoms with Crippen molar-refractivity contribution in [3.05, 3.63) is 23.8 Å². The summed E-state index contributed by atoms with van der Waals surface area (Å²) in [5.41, 5.74) is 1.82. The fraction of sp³-hybridized carbons (Fsp3) is 0.538. The Labute approximate surface area is 121 Å².